The summed E-state index contributed by atoms with van der Waals surface area (Å²) in [6.07, 6.45) is 18.6. The van der Waals surface area contributed by atoms with Crippen molar-refractivity contribution >= 4 is 0 Å². The van der Waals surface area contributed by atoms with Gasteiger partial charge in [0.25, 0.3) is 0 Å². The molecule has 42 heavy (non-hydrogen) atoms. The predicted octanol–water partition coefficient (Wildman–Crippen LogP) is 7.59. The molecule has 10 atom stereocenters. The maximum Gasteiger partial charge on any atom is 0.0543 e. The minimum Gasteiger partial charge on any atom is -0.393 e. The SMILES string of the molecule is CC(C)CCC[C@@H](C)[C@H]1CCC2C3C[C@@H](NCCCOCCCCOCCCN)C4C[C@@H](O)CC[C@]4(C)C3CC[C@@]21C. The molecule has 4 saturated carbocycles. The van der Waals surface area contributed by atoms with Crippen LogP contribution in [0.2, 0.25) is 0 Å². The van der Waals surface area contributed by atoms with Crippen molar-refractivity contribution in [2.75, 3.05) is 39.5 Å². The van der Waals surface area contributed by atoms with E-state index in [9.17, 15) is 5.11 Å². The lowest BCUT2D eigenvalue weighted by Crippen LogP contribution is -2.61. The van der Waals surface area contributed by atoms with Crippen LogP contribution < -0.4 is 11.1 Å². The summed E-state index contributed by atoms with van der Waals surface area (Å²) in [5.41, 5.74) is 6.43. The van der Waals surface area contributed by atoms with Crippen LogP contribution in [-0.4, -0.2) is 56.8 Å². The van der Waals surface area contributed by atoms with Gasteiger partial charge in [-0.25, -0.2) is 0 Å². The van der Waals surface area contributed by atoms with E-state index < -0.39 is 0 Å². The van der Waals surface area contributed by atoms with Crippen LogP contribution in [-0.2, 0) is 9.47 Å². The summed E-state index contributed by atoms with van der Waals surface area (Å²) >= 11 is 0. The topological polar surface area (TPSA) is 76.7 Å². The molecule has 0 aliphatic heterocycles. The minimum absolute atomic E-state index is 0.108. The number of hydrogen-bond donors (Lipinski definition) is 3. The first-order valence-electron chi connectivity index (χ1n) is 18.5. The Bertz CT molecular complexity index is 778. The smallest absolute Gasteiger partial charge is 0.0543 e. The molecule has 246 valence electrons. The monoisotopic (exact) mass is 591 g/mol. The predicted molar refractivity (Wildman–Crippen MR) is 175 cm³/mol. The first-order chi connectivity index (χ1) is 20.2. The van der Waals surface area contributed by atoms with Crippen molar-refractivity contribution in [1.82, 2.24) is 5.32 Å². The molecular formula is C37H70N2O3. The van der Waals surface area contributed by atoms with Gasteiger partial charge >= 0.3 is 0 Å². The summed E-state index contributed by atoms with van der Waals surface area (Å²) in [6.45, 7) is 17.7. The average molecular weight is 591 g/mol. The number of aliphatic hydroxyl groups excluding tert-OH is 1. The zero-order valence-electron chi connectivity index (χ0n) is 28.4. The molecule has 4 N–H and O–H groups in total. The van der Waals surface area contributed by atoms with Gasteiger partial charge in [-0.3, -0.25) is 0 Å². The van der Waals surface area contributed by atoms with Crippen LogP contribution in [0.1, 0.15) is 131 Å². The Hall–Kier alpha value is -0.200. The van der Waals surface area contributed by atoms with Crippen molar-refractivity contribution in [1.29, 1.82) is 0 Å². The quantitative estimate of drug-likeness (QED) is 0.143. The lowest BCUT2D eigenvalue weighted by molar-refractivity contribution is -0.141. The number of nitrogens with two attached hydrogens (primary N) is 1. The fourth-order valence-corrected chi connectivity index (χ4v) is 10.8. The molecule has 4 fully saturated rings. The third kappa shape index (κ3) is 8.33. The van der Waals surface area contributed by atoms with E-state index in [2.05, 4.69) is 39.9 Å². The summed E-state index contributed by atoms with van der Waals surface area (Å²) in [5, 5.41) is 14.9. The fraction of sp³-hybridized carbons (Fsp3) is 1.00. The molecule has 5 heteroatoms. The van der Waals surface area contributed by atoms with Gasteiger partial charge in [0, 0.05) is 32.5 Å². The summed E-state index contributed by atoms with van der Waals surface area (Å²) < 4.78 is 11.6. The molecule has 5 nitrogen and oxygen atoms in total. The van der Waals surface area contributed by atoms with E-state index in [1.807, 2.05) is 0 Å². The van der Waals surface area contributed by atoms with Crippen LogP contribution >= 0.6 is 0 Å². The number of rotatable bonds is 18. The molecule has 0 aromatic carbocycles. The van der Waals surface area contributed by atoms with Crippen molar-refractivity contribution in [3.63, 3.8) is 0 Å². The highest BCUT2D eigenvalue weighted by Gasteiger charge is 2.62. The molecule has 0 saturated heterocycles. The molecule has 0 spiro atoms. The Morgan fingerprint density at radius 1 is 0.762 bits per heavy atom. The van der Waals surface area contributed by atoms with Gasteiger partial charge in [-0.2, -0.15) is 0 Å². The Balaban J connectivity index is 1.30. The van der Waals surface area contributed by atoms with Gasteiger partial charge in [-0.15, -0.1) is 0 Å². The fourth-order valence-electron chi connectivity index (χ4n) is 10.8. The van der Waals surface area contributed by atoms with E-state index in [4.69, 9.17) is 15.2 Å². The second kappa shape index (κ2) is 16.4. The van der Waals surface area contributed by atoms with Crippen molar-refractivity contribution in [2.24, 2.45) is 58.0 Å². The Labute approximate surface area is 260 Å². The Kier molecular flexibility index (Phi) is 13.5. The van der Waals surface area contributed by atoms with E-state index in [1.165, 1.54) is 57.8 Å². The number of ether oxygens (including phenoxy) is 2. The molecule has 0 heterocycles. The van der Waals surface area contributed by atoms with Crippen LogP contribution in [0.5, 0.6) is 0 Å². The number of aliphatic hydroxyl groups is 1. The van der Waals surface area contributed by atoms with Crippen LogP contribution in [0, 0.1) is 52.3 Å². The van der Waals surface area contributed by atoms with Gasteiger partial charge < -0.3 is 25.6 Å². The zero-order valence-corrected chi connectivity index (χ0v) is 28.4. The van der Waals surface area contributed by atoms with E-state index >= 15 is 0 Å². The summed E-state index contributed by atoms with van der Waals surface area (Å²) in [5.74, 6) is 5.82. The van der Waals surface area contributed by atoms with Crippen molar-refractivity contribution < 1.29 is 14.6 Å². The van der Waals surface area contributed by atoms with Crippen LogP contribution in [0.4, 0.5) is 0 Å². The van der Waals surface area contributed by atoms with Gasteiger partial charge in [0.05, 0.1) is 6.10 Å². The van der Waals surface area contributed by atoms with Crippen molar-refractivity contribution in [2.45, 2.75) is 143 Å². The molecule has 0 bridgehead atoms. The van der Waals surface area contributed by atoms with E-state index in [1.54, 1.807) is 0 Å². The molecule has 0 aromatic rings. The number of hydrogen-bond acceptors (Lipinski definition) is 5. The Morgan fingerprint density at radius 2 is 1.43 bits per heavy atom. The molecular weight excluding hydrogens is 520 g/mol. The maximum absolute atomic E-state index is 10.8. The second-order valence-corrected chi connectivity index (χ2v) is 16.2. The normalized spacial score (nSPS) is 38.7. The minimum atomic E-state index is -0.108. The third-order valence-electron chi connectivity index (χ3n) is 13.1. The first kappa shape index (κ1) is 34.7. The lowest BCUT2D eigenvalue weighted by atomic mass is 9.43. The van der Waals surface area contributed by atoms with Crippen LogP contribution in [0.25, 0.3) is 0 Å². The Morgan fingerprint density at radius 3 is 2.14 bits per heavy atom. The molecule has 4 unspecified atom stereocenters. The summed E-state index contributed by atoms with van der Waals surface area (Å²) in [6, 6.07) is 0.543. The van der Waals surface area contributed by atoms with Crippen LogP contribution in [0.3, 0.4) is 0 Å². The first-order valence-corrected chi connectivity index (χ1v) is 18.5. The van der Waals surface area contributed by atoms with Crippen molar-refractivity contribution in [3.8, 4) is 0 Å². The van der Waals surface area contributed by atoms with E-state index in [-0.39, 0.29) is 6.10 Å². The average Bonchev–Trinajstić information content (AvgIpc) is 3.31. The van der Waals surface area contributed by atoms with Crippen molar-refractivity contribution in [3.05, 3.63) is 0 Å². The highest BCUT2D eigenvalue weighted by molar-refractivity contribution is 5.12. The molecule has 4 aliphatic rings. The van der Waals surface area contributed by atoms with Gasteiger partial charge in [0.1, 0.15) is 0 Å². The summed E-state index contributed by atoms with van der Waals surface area (Å²) in [7, 11) is 0. The van der Waals surface area contributed by atoms with Gasteiger partial charge in [0.15, 0.2) is 0 Å². The lowest BCUT2D eigenvalue weighted by Gasteiger charge is -2.63. The highest BCUT2D eigenvalue weighted by atomic mass is 16.5. The van der Waals surface area contributed by atoms with Gasteiger partial charge in [-0.1, -0.05) is 53.9 Å². The largest absolute Gasteiger partial charge is 0.393 e. The molecule has 4 aliphatic carbocycles. The molecule has 0 aromatic heterocycles. The highest BCUT2D eigenvalue weighted by Crippen LogP contribution is 2.68. The zero-order chi connectivity index (χ0) is 30.2. The third-order valence-corrected chi connectivity index (χ3v) is 13.1. The van der Waals surface area contributed by atoms with Crippen LogP contribution in [0.15, 0.2) is 0 Å². The molecule has 4 rings (SSSR count). The maximum atomic E-state index is 10.8. The number of nitrogens with one attached hydrogen (secondary N) is 1. The van der Waals surface area contributed by atoms with E-state index in [0.717, 1.165) is 107 Å². The van der Waals surface area contributed by atoms with E-state index in [0.29, 0.717) is 29.3 Å². The van der Waals surface area contributed by atoms with Gasteiger partial charge in [0.2, 0.25) is 0 Å². The standard InChI is InChI=1S/C37H70N2O3/c1-27(2)11-8-12-28(3)31-13-14-32-30-26-35(39-20-10-24-42-22-7-6-21-41-23-9-19-38)34-25-29(40)15-17-37(34,5)33(30)16-18-36(31,32)4/h27-35,39-40H,6-26,38H2,1-5H3/t28-,29+,30?,31-,32?,33?,34?,35-,36-,37-/m1/s1. The number of unbranched alkanes of at least 4 members (excludes halogenated alkanes) is 1. The summed E-state index contributed by atoms with van der Waals surface area (Å²) in [4.78, 5) is 0. The van der Waals surface area contributed by atoms with Gasteiger partial charge in [-0.05, 0) is 142 Å². The number of fused-ring (bicyclic) bond motifs is 5. The molecule has 0 radical (unpaired) electrons. The molecule has 0 amide bonds. The second-order valence-electron chi connectivity index (χ2n) is 16.2.